The van der Waals surface area contributed by atoms with E-state index in [0.29, 0.717) is 52.0 Å². The first-order chi connectivity index (χ1) is 35.8. The minimum Gasteiger partial charge on any atom is -0.395 e. The number of nitrogens with zero attached hydrogens (tertiary/aromatic N) is 5. The molecule has 0 aromatic heterocycles. The average Bonchev–Trinajstić information content (AvgIpc) is 3.39. The molecule has 0 aliphatic heterocycles. The van der Waals surface area contributed by atoms with Crippen molar-refractivity contribution in [1.82, 2.24) is 29.8 Å². The van der Waals surface area contributed by atoms with Crippen LogP contribution in [0, 0.1) is 5.92 Å². The van der Waals surface area contributed by atoms with Crippen LogP contribution in [-0.4, -0.2) is 161 Å². The molecule has 434 valence electrons. The normalized spacial score (nSPS) is 11.7. The van der Waals surface area contributed by atoms with E-state index < -0.39 is 11.9 Å². The topological polar surface area (TPSA) is 197 Å². The molecule has 0 aliphatic rings. The van der Waals surface area contributed by atoms with Gasteiger partial charge in [0, 0.05) is 32.7 Å². The van der Waals surface area contributed by atoms with E-state index in [0.717, 1.165) is 109 Å². The minimum absolute atomic E-state index is 0.120. The van der Waals surface area contributed by atoms with Gasteiger partial charge in [0.1, 0.15) is 0 Å². The van der Waals surface area contributed by atoms with Gasteiger partial charge in [-0.05, 0) is 38.0 Å². The molecule has 0 aliphatic carbocycles. The monoisotopic (exact) mass is 1050 g/mol. The Morgan fingerprint density at radius 3 is 0.986 bits per heavy atom. The van der Waals surface area contributed by atoms with Crippen LogP contribution in [0.5, 0.6) is 0 Å². The number of nitrogens with one attached hydrogen (secondary N) is 1. The second-order valence-electron chi connectivity index (χ2n) is 21.3. The largest absolute Gasteiger partial charge is 0.395 e. The maximum atomic E-state index is 14.8. The van der Waals surface area contributed by atoms with Gasteiger partial charge >= 0.3 is 0 Å². The van der Waals surface area contributed by atoms with Gasteiger partial charge < -0.3 is 45.8 Å². The van der Waals surface area contributed by atoms with E-state index in [2.05, 4.69) is 46.9 Å². The predicted molar refractivity (Wildman–Crippen MR) is 303 cm³/mol. The predicted octanol–water partition coefficient (Wildman–Crippen LogP) is 9.78. The Labute approximate surface area is 452 Å². The molecule has 0 rings (SSSR count). The molecule has 0 aromatic rings. The van der Waals surface area contributed by atoms with Gasteiger partial charge in [-0.2, -0.15) is 0 Å². The molecule has 0 fully saturated rings. The van der Waals surface area contributed by atoms with E-state index in [1.54, 1.807) is 14.7 Å². The lowest BCUT2D eigenvalue weighted by Crippen LogP contribution is -2.52. The highest BCUT2D eigenvalue weighted by Gasteiger charge is 2.30. The Bertz CT molecular complexity index is 1420. The highest BCUT2D eigenvalue weighted by molar-refractivity contribution is 5.92. The number of hydrogen-bond acceptors (Lipinski definition) is 9. The summed E-state index contributed by atoms with van der Waals surface area (Å²) in [5.74, 6) is -2.18. The van der Waals surface area contributed by atoms with Gasteiger partial charge in [-0.3, -0.25) is 28.8 Å². The van der Waals surface area contributed by atoms with E-state index in [1.807, 2.05) is 0 Å². The zero-order valence-corrected chi connectivity index (χ0v) is 48.6. The van der Waals surface area contributed by atoms with Crippen molar-refractivity contribution in [2.24, 2.45) is 11.7 Å². The first kappa shape index (κ1) is 70.7. The Morgan fingerprint density at radius 2 is 0.662 bits per heavy atom. The molecule has 5 N–H and O–H groups in total. The summed E-state index contributed by atoms with van der Waals surface area (Å²) in [5, 5.41) is 22.2. The summed E-state index contributed by atoms with van der Waals surface area (Å²) in [6.07, 6.45) is 33.3. The van der Waals surface area contributed by atoms with Crippen molar-refractivity contribution in [3.8, 4) is 0 Å². The van der Waals surface area contributed by atoms with Gasteiger partial charge in [-0.15, -0.1) is 0 Å². The van der Waals surface area contributed by atoms with E-state index in [1.165, 1.54) is 86.8 Å². The number of rotatable bonds is 53. The minimum atomic E-state index is -0.672. The molecule has 0 saturated heterocycles. The van der Waals surface area contributed by atoms with Gasteiger partial charge in [0.05, 0.1) is 58.5 Å². The third kappa shape index (κ3) is 37.4. The van der Waals surface area contributed by atoms with Crippen molar-refractivity contribution in [2.45, 2.75) is 253 Å². The molecule has 0 saturated carbocycles. The Balaban J connectivity index is 6.67. The number of aliphatic hydroxyl groups excluding tert-OH is 2. The standard InChI is InChI=1S/C59H115N7O8/c1-7-13-18-22-24-26-28-30-32-36-39-62(45-54(60)69)56(71)47-64(41-35-21-16-10-4)58(73)49-66(44-52(12-6)38-17-11-5)59(74)48-65(42-37-33-31-29-27-25-23-19-14-8-2)57(72)46-63(40-34-20-15-9-3)55(70)43-61-53(50-67)51-68/h52-53,61,67-68H,7-51H2,1-6H3,(H2,60,69). The number of carbonyl (C=O) groups excluding carboxylic acids is 6. The molecule has 74 heavy (non-hydrogen) atoms. The summed E-state index contributed by atoms with van der Waals surface area (Å²) >= 11 is 0. The molecular formula is C59H115N7O8. The fraction of sp³-hybridized carbons (Fsp3) is 0.898. The van der Waals surface area contributed by atoms with Gasteiger partial charge in [-0.25, -0.2) is 0 Å². The van der Waals surface area contributed by atoms with Gasteiger partial charge in [-0.1, -0.05) is 215 Å². The summed E-state index contributed by atoms with van der Waals surface area (Å²) in [7, 11) is 0. The van der Waals surface area contributed by atoms with Crippen LogP contribution >= 0.6 is 0 Å². The summed E-state index contributed by atoms with van der Waals surface area (Å²) < 4.78 is 0. The molecule has 1 unspecified atom stereocenters. The highest BCUT2D eigenvalue weighted by atomic mass is 16.3. The van der Waals surface area contributed by atoms with E-state index in [-0.39, 0.29) is 87.9 Å². The zero-order chi connectivity index (χ0) is 55.0. The van der Waals surface area contributed by atoms with E-state index in [9.17, 15) is 39.0 Å². The van der Waals surface area contributed by atoms with Crippen molar-refractivity contribution in [2.75, 3.05) is 85.2 Å². The maximum absolute atomic E-state index is 14.8. The van der Waals surface area contributed by atoms with Crippen molar-refractivity contribution in [3.63, 3.8) is 0 Å². The average molecular weight is 1050 g/mol. The number of unbranched alkanes of at least 4 members (excludes halogenated alkanes) is 25. The Kier molecular flexibility index (Phi) is 47.1. The zero-order valence-electron chi connectivity index (χ0n) is 48.6. The second kappa shape index (κ2) is 49.3. The summed E-state index contributed by atoms with van der Waals surface area (Å²) in [6, 6.07) is -0.672. The highest BCUT2D eigenvalue weighted by Crippen LogP contribution is 2.18. The molecule has 0 radical (unpaired) electrons. The number of nitrogens with two attached hydrogens (primary N) is 1. The molecule has 15 heteroatoms. The molecule has 0 aromatic carbocycles. The first-order valence-electron chi connectivity index (χ1n) is 30.5. The van der Waals surface area contributed by atoms with Gasteiger partial charge in [0.2, 0.25) is 35.4 Å². The van der Waals surface area contributed by atoms with Crippen molar-refractivity contribution in [1.29, 1.82) is 0 Å². The van der Waals surface area contributed by atoms with E-state index in [4.69, 9.17) is 5.73 Å². The summed E-state index contributed by atoms with van der Waals surface area (Å²) in [5.41, 5.74) is 5.67. The van der Waals surface area contributed by atoms with Crippen LogP contribution in [0.1, 0.15) is 247 Å². The maximum Gasteiger partial charge on any atom is 0.242 e. The van der Waals surface area contributed by atoms with E-state index >= 15 is 0 Å². The number of amides is 6. The molecule has 0 heterocycles. The lowest BCUT2D eigenvalue weighted by Gasteiger charge is -2.33. The molecule has 0 bridgehead atoms. The number of hydrogen-bond donors (Lipinski definition) is 4. The smallest absolute Gasteiger partial charge is 0.242 e. The van der Waals surface area contributed by atoms with Crippen LogP contribution in [0.25, 0.3) is 0 Å². The van der Waals surface area contributed by atoms with Crippen LogP contribution < -0.4 is 11.1 Å². The number of carbonyl (C=O) groups is 6. The first-order valence-corrected chi connectivity index (χ1v) is 30.5. The van der Waals surface area contributed by atoms with Crippen molar-refractivity contribution >= 4 is 35.4 Å². The third-order valence-corrected chi connectivity index (χ3v) is 14.5. The van der Waals surface area contributed by atoms with Crippen LogP contribution in [0.3, 0.4) is 0 Å². The van der Waals surface area contributed by atoms with Gasteiger partial charge in [0.15, 0.2) is 0 Å². The summed E-state index contributed by atoms with van der Waals surface area (Å²) in [4.78, 5) is 91.8. The van der Waals surface area contributed by atoms with Crippen LogP contribution in [0.15, 0.2) is 0 Å². The molecule has 0 spiro atoms. The quantitative estimate of drug-likeness (QED) is 0.0429. The Hall–Kier alpha value is -3.30. The van der Waals surface area contributed by atoms with Crippen LogP contribution in [0.2, 0.25) is 0 Å². The SMILES string of the molecule is CCCCCCCCCCCCN(CC(N)=O)C(=O)CN(CCCCCC)C(=O)CN(CC(CC)CCCC)C(=O)CN(CCCCCCCCCCCC)C(=O)CN(CCCCCC)C(=O)CNC(CO)CO. The fourth-order valence-electron chi connectivity index (χ4n) is 9.46. The summed E-state index contributed by atoms with van der Waals surface area (Å²) in [6.45, 7) is 12.6. The third-order valence-electron chi connectivity index (χ3n) is 14.5. The number of aliphatic hydroxyl groups is 2. The van der Waals surface area contributed by atoms with Gasteiger partial charge in [0.25, 0.3) is 0 Å². The Morgan fingerprint density at radius 1 is 0.378 bits per heavy atom. The molecule has 15 nitrogen and oxygen atoms in total. The van der Waals surface area contributed by atoms with Crippen LogP contribution in [-0.2, 0) is 28.8 Å². The molecule has 6 amide bonds. The fourth-order valence-corrected chi connectivity index (χ4v) is 9.46. The lowest BCUT2D eigenvalue weighted by atomic mass is 9.98. The molecule has 1 atom stereocenters. The van der Waals surface area contributed by atoms with Crippen molar-refractivity contribution in [3.05, 3.63) is 0 Å². The van der Waals surface area contributed by atoms with Crippen molar-refractivity contribution < 1.29 is 39.0 Å². The lowest BCUT2D eigenvalue weighted by molar-refractivity contribution is -0.147. The molecular weight excluding hydrogens is 935 g/mol. The van der Waals surface area contributed by atoms with Crippen LogP contribution in [0.4, 0.5) is 0 Å². The second-order valence-corrected chi connectivity index (χ2v) is 21.3. The number of primary amides is 1.